The molecule has 1 unspecified atom stereocenters. The van der Waals surface area contributed by atoms with Crippen molar-refractivity contribution >= 4 is 22.8 Å². The maximum atomic E-state index is 12.4. The van der Waals surface area contributed by atoms with E-state index >= 15 is 0 Å². The third kappa shape index (κ3) is 3.37. The van der Waals surface area contributed by atoms with Gasteiger partial charge < -0.3 is 19.6 Å². The zero-order valence-electron chi connectivity index (χ0n) is 13.7. The van der Waals surface area contributed by atoms with Gasteiger partial charge in [0, 0.05) is 31.1 Å². The van der Waals surface area contributed by atoms with Gasteiger partial charge in [0.25, 0.3) is 5.91 Å². The number of methoxy groups -OCH3 is 1. The van der Waals surface area contributed by atoms with E-state index < -0.39 is 17.9 Å². The fourth-order valence-electron chi connectivity index (χ4n) is 2.61. The minimum atomic E-state index is -1.10. The van der Waals surface area contributed by atoms with Gasteiger partial charge in [-0.25, -0.2) is 4.79 Å². The first kappa shape index (κ1) is 17.0. The van der Waals surface area contributed by atoms with Crippen molar-refractivity contribution in [2.45, 2.75) is 33.2 Å². The minimum Gasteiger partial charge on any atom is -0.480 e. The van der Waals surface area contributed by atoms with Crippen molar-refractivity contribution in [3.8, 4) is 0 Å². The number of aliphatic carboxylic acids is 1. The van der Waals surface area contributed by atoms with E-state index in [4.69, 9.17) is 9.15 Å². The largest absolute Gasteiger partial charge is 0.480 e. The number of carbonyl (C=O) groups excluding carboxylic acids is 1. The lowest BCUT2D eigenvalue weighted by molar-refractivity contribution is -0.139. The Hall–Kier alpha value is -2.34. The normalized spacial score (nSPS) is 12.3. The van der Waals surface area contributed by atoms with Crippen molar-refractivity contribution in [3.05, 3.63) is 34.6 Å². The molecule has 0 fully saturated rings. The van der Waals surface area contributed by atoms with Gasteiger partial charge in [-0.05, 0) is 31.9 Å². The Bertz CT molecular complexity index is 747. The van der Waals surface area contributed by atoms with E-state index in [2.05, 4.69) is 5.32 Å². The van der Waals surface area contributed by atoms with Crippen LogP contribution in [0.2, 0.25) is 0 Å². The number of ether oxygens (including phenoxy) is 1. The van der Waals surface area contributed by atoms with Crippen molar-refractivity contribution < 1.29 is 23.8 Å². The molecular formula is C17H21NO5. The van der Waals surface area contributed by atoms with Crippen LogP contribution < -0.4 is 5.32 Å². The van der Waals surface area contributed by atoms with Crippen LogP contribution in [0.4, 0.5) is 0 Å². The lowest BCUT2D eigenvalue weighted by Gasteiger charge is -2.13. The fourth-order valence-corrected chi connectivity index (χ4v) is 2.61. The molecule has 2 rings (SSSR count). The molecule has 1 heterocycles. The molecule has 0 bridgehead atoms. The first-order valence-corrected chi connectivity index (χ1v) is 7.38. The van der Waals surface area contributed by atoms with Gasteiger partial charge in [0.15, 0.2) is 5.76 Å². The van der Waals surface area contributed by atoms with E-state index in [1.165, 1.54) is 7.11 Å². The van der Waals surface area contributed by atoms with E-state index in [0.29, 0.717) is 5.58 Å². The predicted octanol–water partition coefficient (Wildman–Crippen LogP) is 2.58. The SMILES string of the molecule is COCCC(NC(=O)c1oc2c(C)ccc(C)c2c1C)C(=O)O. The molecule has 0 saturated carbocycles. The van der Waals surface area contributed by atoms with Gasteiger partial charge in [0.1, 0.15) is 11.6 Å². The van der Waals surface area contributed by atoms with Gasteiger partial charge in [-0.3, -0.25) is 4.79 Å². The Labute approximate surface area is 134 Å². The van der Waals surface area contributed by atoms with Crippen LogP contribution >= 0.6 is 0 Å². The number of aryl methyl sites for hydroxylation is 3. The number of carboxylic acids is 1. The molecule has 1 amide bonds. The number of hydrogen-bond acceptors (Lipinski definition) is 4. The summed E-state index contributed by atoms with van der Waals surface area (Å²) in [5.41, 5.74) is 3.33. The summed E-state index contributed by atoms with van der Waals surface area (Å²) in [5, 5.41) is 12.6. The molecular weight excluding hydrogens is 298 g/mol. The molecule has 1 aromatic heterocycles. The molecule has 0 radical (unpaired) electrons. The summed E-state index contributed by atoms with van der Waals surface area (Å²) >= 11 is 0. The highest BCUT2D eigenvalue weighted by Crippen LogP contribution is 2.30. The summed E-state index contributed by atoms with van der Waals surface area (Å²) in [6.07, 6.45) is 0.189. The minimum absolute atomic E-state index is 0.154. The molecule has 1 atom stereocenters. The molecule has 6 nitrogen and oxygen atoms in total. The molecule has 0 aliphatic heterocycles. The summed E-state index contributed by atoms with van der Waals surface area (Å²) in [4.78, 5) is 23.7. The molecule has 0 aliphatic carbocycles. The maximum Gasteiger partial charge on any atom is 0.326 e. The average Bonchev–Trinajstić information content (AvgIpc) is 2.86. The van der Waals surface area contributed by atoms with E-state index in [0.717, 1.165) is 22.1 Å². The van der Waals surface area contributed by atoms with Gasteiger partial charge in [-0.15, -0.1) is 0 Å². The molecule has 0 aliphatic rings. The topological polar surface area (TPSA) is 88.8 Å². The second-order valence-electron chi connectivity index (χ2n) is 5.61. The summed E-state index contributed by atoms with van der Waals surface area (Å²) in [6.45, 7) is 5.91. The molecule has 2 N–H and O–H groups in total. The van der Waals surface area contributed by atoms with Gasteiger partial charge >= 0.3 is 5.97 Å². The Morgan fingerprint density at radius 2 is 1.91 bits per heavy atom. The van der Waals surface area contributed by atoms with Crippen LogP contribution in [-0.4, -0.2) is 36.7 Å². The summed E-state index contributed by atoms with van der Waals surface area (Å²) in [6, 6.07) is 2.89. The lowest BCUT2D eigenvalue weighted by Crippen LogP contribution is -2.41. The number of nitrogens with one attached hydrogen (secondary N) is 1. The number of furan rings is 1. The van der Waals surface area contributed by atoms with Gasteiger partial charge in [0.2, 0.25) is 0 Å². The van der Waals surface area contributed by atoms with Gasteiger partial charge in [-0.2, -0.15) is 0 Å². The molecule has 124 valence electrons. The molecule has 6 heteroatoms. The van der Waals surface area contributed by atoms with Crippen LogP contribution in [-0.2, 0) is 9.53 Å². The van der Waals surface area contributed by atoms with Crippen molar-refractivity contribution in [1.82, 2.24) is 5.32 Å². The van der Waals surface area contributed by atoms with Crippen LogP contribution in [0.1, 0.15) is 33.7 Å². The zero-order valence-corrected chi connectivity index (χ0v) is 13.7. The van der Waals surface area contributed by atoms with E-state index in [1.807, 2.05) is 26.0 Å². The zero-order chi connectivity index (χ0) is 17.1. The van der Waals surface area contributed by atoms with Crippen LogP contribution in [0.15, 0.2) is 16.5 Å². The third-order valence-corrected chi connectivity index (χ3v) is 3.90. The van der Waals surface area contributed by atoms with Crippen LogP contribution in [0.5, 0.6) is 0 Å². The third-order valence-electron chi connectivity index (χ3n) is 3.90. The molecule has 0 saturated heterocycles. The van der Waals surface area contributed by atoms with E-state index in [9.17, 15) is 14.7 Å². The Balaban J connectivity index is 2.34. The first-order chi connectivity index (χ1) is 10.9. The van der Waals surface area contributed by atoms with Crippen LogP contribution in [0.3, 0.4) is 0 Å². The van der Waals surface area contributed by atoms with Crippen molar-refractivity contribution in [1.29, 1.82) is 0 Å². The highest BCUT2D eigenvalue weighted by molar-refractivity contribution is 6.01. The standard InChI is InChI=1S/C17H21NO5/c1-9-5-6-10(2)14-13(9)11(3)15(23-14)16(19)18-12(17(20)21)7-8-22-4/h5-6,12H,7-8H2,1-4H3,(H,18,19)(H,20,21). The number of amides is 1. The first-order valence-electron chi connectivity index (χ1n) is 7.38. The lowest BCUT2D eigenvalue weighted by atomic mass is 10.0. The van der Waals surface area contributed by atoms with Crippen molar-refractivity contribution in [3.63, 3.8) is 0 Å². The van der Waals surface area contributed by atoms with Crippen molar-refractivity contribution in [2.75, 3.05) is 13.7 Å². The Morgan fingerprint density at radius 3 is 2.48 bits per heavy atom. The quantitative estimate of drug-likeness (QED) is 0.854. The van der Waals surface area contributed by atoms with E-state index in [-0.39, 0.29) is 18.8 Å². The fraction of sp³-hybridized carbons (Fsp3) is 0.412. The second kappa shape index (κ2) is 6.83. The van der Waals surface area contributed by atoms with Gasteiger partial charge in [-0.1, -0.05) is 12.1 Å². The molecule has 0 spiro atoms. The molecule has 2 aromatic rings. The monoisotopic (exact) mass is 319 g/mol. The highest BCUT2D eigenvalue weighted by Gasteiger charge is 2.25. The van der Waals surface area contributed by atoms with Crippen LogP contribution in [0, 0.1) is 20.8 Å². The average molecular weight is 319 g/mol. The van der Waals surface area contributed by atoms with E-state index in [1.54, 1.807) is 6.92 Å². The second-order valence-corrected chi connectivity index (χ2v) is 5.61. The Morgan fingerprint density at radius 1 is 1.26 bits per heavy atom. The Kier molecular flexibility index (Phi) is 5.05. The van der Waals surface area contributed by atoms with Crippen LogP contribution in [0.25, 0.3) is 11.0 Å². The number of benzene rings is 1. The van der Waals surface area contributed by atoms with Crippen molar-refractivity contribution in [2.24, 2.45) is 0 Å². The molecule has 1 aromatic carbocycles. The maximum absolute atomic E-state index is 12.4. The number of hydrogen-bond donors (Lipinski definition) is 2. The summed E-state index contributed by atoms with van der Waals surface area (Å²) in [5.74, 6) is -1.47. The number of rotatable bonds is 6. The summed E-state index contributed by atoms with van der Waals surface area (Å²) in [7, 11) is 1.48. The van der Waals surface area contributed by atoms with Gasteiger partial charge in [0.05, 0.1) is 0 Å². The smallest absolute Gasteiger partial charge is 0.326 e. The number of carboxylic acid groups (broad SMARTS) is 1. The highest BCUT2D eigenvalue weighted by atomic mass is 16.5. The molecule has 23 heavy (non-hydrogen) atoms. The number of fused-ring (bicyclic) bond motifs is 1. The predicted molar refractivity (Wildman–Crippen MR) is 85.8 cm³/mol. The number of carbonyl (C=O) groups is 2. The summed E-state index contributed by atoms with van der Waals surface area (Å²) < 4.78 is 10.6.